The zero-order valence-corrected chi connectivity index (χ0v) is 5.79. The molecule has 0 aliphatic rings. The number of rotatable bonds is 2. The molecule has 2 N–H and O–H groups in total. The van der Waals surface area contributed by atoms with Crippen LogP contribution < -0.4 is 20.4 Å². The summed E-state index contributed by atoms with van der Waals surface area (Å²) >= 11 is 0. The van der Waals surface area contributed by atoms with Crippen LogP contribution in [-0.4, -0.2) is 20.4 Å². The molecule has 0 heterocycles. The van der Waals surface area contributed by atoms with Crippen molar-refractivity contribution < 1.29 is 20.4 Å². The Hall–Kier alpha value is -0.0951. The van der Waals surface area contributed by atoms with Crippen molar-refractivity contribution in [2.75, 3.05) is 13.1 Å². The molecule has 0 atom stereocenters. The largest absolute Gasteiger partial charge is 0.907 e. The third-order valence-corrected chi connectivity index (χ3v) is 0.577. The number of hydrogen-bond donors (Lipinski definition) is 1. The first-order valence-corrected chi connectivity index (χ1v) is 2.94. The van der Waals surface area contributed by atoms with Crippen LogP contribution in [0.1, 0.15) is 13.8 Å². The van der Waals surface area contributed by atoms with Crippen molar-refractivity contribution in [3.05, 3.63) is 0 Å². The summed E-state index contributed by atoms with van der Waals surface area (Å²) in [7, 11) is -2.92. The minimum absolute atomic E-state index is 1.22. The molecular formula is C4H12BNO3-2. The average molecular weight is 133 g/mol. The summed E-state index contributed by atoms with van der Waals surface area (Å²) in [5, 5.41) is 27.5. The maximum absolute atomic E-state index is 8.42. The third-order valence-electron chi connectivity index (χ3n) is 0.577. The van der Waals surface area contributed by atoms with Gasteiger partial charge in [0.2, 0.25) is 0 Å². The van der Waals surface area contributed by atoms with Crippen molar-refractivity contribution in [3.63, 3.8) is 0 Å². The van der Waals surface area contributed by atoms with Gasteiger partial charge in [0.15, 0.2) is 0 Å². The Morgan fingerprint density at radius 2 is 1.33 bits per heavy atom. The van der Waals surface area contributed by atoms with Gasteiger partial charge < -0.3 is 20.4 Å². The maximum Gasteiger partial charge on any atom is 0.0726 e. The van der Waals surface area contributed by atoms with Crippen LogP contribution in [0.25, 0.3) is 0 Å². The van der Waals surface area contributed by atoms with Gasteiger partial charge in [0.05, 0.1) is 13.1 Å². The number of nitrogens with two attached hydrogens (primary N) is 1. The molecule has 0 rings (SSSR count). The van der Waals surface area contributed by atoms with Gasteiger partial charge in [-0.15, -0.1) is 0 Å². The molecule has 0 saturated heterocycles. The summed E-state index contributed by atoms with van der Waals surface area (Å²) in [5.74, 6) is 0. The predicted octanol–water partition coefficient (Wildman–Crippen LogP) is -4.36. The Morgan fingerprint density at radius 1 is 1.11 bits per heavy atom. The molecule has 0 amide bonds. The first-order valence-electron chi connectivity index (χ1n) is 2.94. The molecule has 0 aromatic carbocycles. The van der Waals surface area contributed by atoms with Crippen LogP contribution >= 0.6 is 0 Å². The second kappa shape index (κ2) is 10.8. The highest BCUT2D eigenvalue weighted by Crippen LogP contribution is 1.29. The third kappa shape index (κ3) is 76.0. The van der Waals surface area contributed by atoms with E-state index in [4.69, 9.17) is 15.1 Å². The van der Waals surface area contributed by atoms with E-state index in [1.165, 1.54) is 13.1 Å². The monoisotopic (exact) mass is 133 g/mol. The second-order valence-corrected chi connectivity index (χ2v) is 1.39. The lowest BCUT2D eigenvalue weighted by atomic mass is 10.3. The molecule has 0 radical (unpaired) electrons. The Kier molecular flexibility index (Phi) is 14.0. The Labute approximate surface area is 55.7 Å². The molecule has 0 aromatic rings. The minimum atomic E-state index is -2.92. The van der Waals surface area contributed by atoms with Gasteiger partial charge >= 0.3 is 0 Å². The standard InChI is InChI=1S/C4H11N.BO3/c1-3-5-4-2;2-1(3)4/h5H,3-4H2,1-2H3;/q;-3/p+1. The van der Waals surface area contributed by atoms with Gasteiger partial charge in [-0.1, -0.05) is 0 Å². The van der Waals surface area contributed by atoms with Crippen LogP contribution in [0, 0.1) is 0 Å². The van der Waals surface area contributed by atoms with E-state index in [2.05, 4.69) is 19.2 Å². The van der Waals surface area contributed by atoms with Crippen molar-refractivity contribution in [2.24, 2.45) is 0 Å². The SMILES string of the molecule is CC[NH2+]CC.[O-]B([O-])[O-]. The van der Waals surface area contributed by atoms with Crippen LogP contribution in [0.15, 0.2) is 0 Å². The van der Waals surface area contributed by atoms with Gasteiger partial charge in [0.25, 0.3) is 0 Å². The van der Waals surface area contributed by atoms with E-state index in [9.17, 15) is 0 Å². The molecule has 0 aliphatic carbocycles. The van der Waals surface area contributed by atoms with Crippen molar-refractivity contribution >= 4 is 7.32 Å². The molecule has 56 valence electrons. The fraction of sp³-hybridized carbons (Fsp3) is 1.00. The molecule has 4 nitrogen and oxygen atoms in total. The lowest BCUT2D eigenvalue weighted by molar-refractivity contribution is -0.648. The van der Waals surface area contributed by atoms with Crippen molar-refractivity contribution in [3.8, 4) is 0 Å². The lowest BCUT2D eigenvalue weighted by Crippen LogP contribution is -2.82. The zero-order chi connectivity index (χ0) is 7.70. The summed E-state index contributed by atoms with van der Waals surface area (Å²) in [6.07, 6.45) is 0. The Bertz CT molecular complexity index is 40.0. The Balaban J connectivity index is 0. The predicted molar refractivity (Wildman–Crippen MR) is 28.8 cm³/mol. The van der Waals surface area contributed by atoms with Crippen LogP contribution in [0.2, 0.25) is 0 Å². The van der Waals surface area contributed by atoms with Crippen molar-refractivity contribution in [1.29, 1.82) is 0 Å². The highest BCUT2D eigenvalue weighted by molar-refractivity contribution is 6.24. The maximum atomic E-state index is 8.42. The molecule has 9 heavy (non-hydrogen) atoms. The first-order chi connectivity index (χ1) is 4.15. The Morgan fingerprint density at radius 3 is 1.33 bits per heavy atom. The average Bonchev–Trinajstić information content (AvgIpc) is 1.66. The van der Waals surface area contributed by atoms with Gasteiger partial charge in [-0.25, -0.2) is 0 Å². The quantitative estimate of drug-likeness (QED) is 0.386. The number of quaternary nitrogens is 1. The first kappa shape index (κ1) is 11.7. The molecule has 0 aromatic heterocycles. The molecule has 0 fully saturated rings. The smallest absolute Gasteiger partial charge is 0.0726 e. The van der Waals surface area contributed by atoms with Gasteiger partial charge in [-0.3, -0.25) is 7.32 Å². The van der Waals surface area contributed by atoms with Crippen LogP contribution in [0.3, 0.4) is 0 Å². The summed E-state index contributed by atoms with van der Waals surface area (Å²) in [6.45, 7) is 6.75. The fourth-order valence-electron chi connectivity index (χ4n) is 0.289. The summed E-state index contributed by atoms with van der Waals surface area (Å²) in [5.41, 5.74) is 0. The van der Waals surface area contributed by atoms with E-state index in [1.54, 1.807) is 0 Å². The van der Waals surface area contributed by atoms with Gasteiger partial charge in [0, 0.05) is 0 Å². The second-order valence-electron chi connectivity index (χ2n) is 1.39. The fourth-order valence-corrected chi connectivity index (χ4v) is 0.289. The normalized spacial score (nSPS) is 7.67. The van der Waals surface area contributed by atoms with Gasteiger partial charge in [-0.05, 0) is 13.8 Å². The molecule has 0 aliphatic heterocycles. The minimum Gasteiger partial charge on any atom is -0.907 e. The summed E-state index contributed by atoms with van der Waals surface area (Å²) in [4.78, 5) is 0. The molecule has 0 spiro atoms. The summed E-state index contributed by atoms with van der Waals surface area (Å²) in [6, 6.07) is 0. The van der Waals surface area contributed by atoms with E-state index < -0.39 is 7.32 Å². The van der Waals surface area contributed by atoms with Gasteiger partial charge in [0.1, 0.15) is 0 Å². The highest BCUT2D eigenvalue weighted by atomic mass is 16.5. The molecule has 0 saturated carbocycles. The zero-order valence-electron chi connectivity index (χ0n) is 5.79. The lowest BCUT2D eigenvalue weighted by Gasteiger charge is -2.35. The molecular weight excluding hydrogens is 121 g/mol. The van der Waals surface area contributed by atoms with Crippen LogP contribution in [-0.2, 0) is 0 Å². The van der Waals surface area contributed by atoms with E-state index in [1.807, 2.05) is 0 Å². The van der Waals surface area contributed by atoms with Crippen molar-refractivity contribution in [2.45, 2.75) is 13.8 Å². The number of hydrogen-bond acceptors (Lipinski definition) is 3. The topological polar surface area (TPSA) is 85.8 Å². The van der Waals surface area contributed by atoms with Crippen molar-refractivity contribution in [1.82, 2.24) is 0 Å². The summed E-state index contributed by atoms with van der Waals surface area (Å²) < 4.78 is 0. The van der Waals surface area contributed by atoms with E-state index in [0.717, 1.165) is 0 Å². The van der Waals surface area contributed by atoms with Crippen LogP contribution in [0.5, 0.6) is 0 Å². The molecule has 5 heteroatoms. The van der Waals surface area contributed by atoms with Gasteiger partial charge in [-0.2, -0.15) is 0 Å². The van der Waals surface area contributed by atoms with Crippen LogP contribution in [0.4, 0.5) is 0 Å². The van der Waals surface area contributed by atoms with E-state index in [-0.39, 0.29) is 0 Å². The van der Waals surface area contributed by atoms with E-state index >= 15 is 0 Å². The molecule has 0 bridgehead atoms. The highest BCUT2D eigenvalue weighted by Gasteiger charge is 1.67. The van der Waals surface area contributed by atoms with E-state index in [0.29, 0.717) is 0 Å². The molecule has 0 unspecified atom stereocenters.